The first-order valence-corrected chi connectivity index (χ1v) is 11.2. The van der Waals surface area contributed by atoms with Gasteiger partial charge in [-0.2, -0.15) is 5.10 Å². The van der Waals surface area contributed by atoms with E-state index in [9.17, 15) is 9.18 Å². The Kier molecular flexibility index (Phi) is 6.81. The fourth-order valence-corrected chi connectivity index (χ4v) is 3.71. The summed E-state index contributed by atoms with van der Waals surface area (Å²) in [5.74, 6) is 0.585. The van der Waals surface area contributed by atoms with E-state index < -0.39 is 11.7 Å². The van der Waals surface area contributed by atoms with Crippen LogP contribution in [-0.2, 0) is 13.1 Å². The third-order valence-corrected chi connectivity index (χ3v) is 5.70. The zero-order valence-electron chi connectivity index (χ0n) is 19.7. The van der Waals surface area contributed by atoms with Gasteiger partial charge in [-0.25, -0.2) is 9.38 Å². The number of fused-ring (bicyclic) bond motifs is 1. The maximum atomic E-state index is 14.0. The molecule has 2 N–H and O–H groups in total. The van der Waals surface area contributed by atoms with Crippen molar-refractivity contribution in [2.45, 2.75) is 40.8 Å². The van der Waals surface area contributed by atoms with Gasteiger partial charge in [-0.3, -0.25) is 14.8 Å². The standard InChI is InChI=1S/C25H28FN5O3/c1-5-31-17(4)20(16(3)30-31)14-27-25(29-24(32)18-7-6-15(2)21(26)12-18)28-19-8-9-22-23(13-19)34-11-10-33-22/h6-9,12-13H,5,10-11,14H2,1-4H3,(H2,27,28,29,32). The number of ether oxygens (including phenoxy) is 2. The summed E-state index contributed by atoms with van der Waals surface area (Å²) in [6, 6.07) is 9.76. The van der Waals surface area contributed by atoms with E-state index in [1.807, 2.05) is 31.5 Å². The average Bonchev–Trinajstić information content (AvgIpc) is 3.11. The highest BCUT2D eigenvalue weighted by molar-refractivity contribution is 6.10. The lowest BCUT2D eigenvalue weighted by atomic mass is 10.1. The lowest BCUT2D eigenvalue weighted by molar-refractivity contribution is 0.0976. The average molecular weight is 466 g/mol. The van der Waals surface area contributed by atoms with Crippen LogP contribution in [0.2, 0.25) is 0 Å². The molecule has 0 saturated heterocycles. The number of amides is 1. The van der Waals surface area contributed by atoms with Crippen molar-refractivity contribution >= 4 is 17.6 Å². The Morgan fingerprint density at radius 3 is 2.59 bits per heavy atom. The molecule has 0 aliphatic carbocycles. The Hall–Kier alpha value is -3.88. The Balaban J connectivity index is 1.61. The van der Waals surface area contributed by atoms with Gasteiger partial charge in [0.15, 0.2) is 11.5 Å². The van der Waals surface area contributed by atoms with E-state index in [0.29, 0.717) is 42.5 Å². The minimum atomic E-state index is -0.472. The summed E-state index contributed by atoms with van der Waals surface area (Å²) in [7, 11) is 0. The molecule has 8 nitrogen and oxygen atoms in total. The number of aliphatic imine (C=N–C) groups is 1. The zero-order chi connectivity index (χ0) is 24.2. The Morgan fingerprint density at radius 2 is 1.88 bits per heavy atom. The predicted molar refractivity (Wildman–Crippen MR) is 128 cm³/mol. The molecule has 4 rings (SSSR count). The molecular weight excluding hydrogens is 437 g/mol. The van der Waals surface area contributed by atoms with Crippen molar-refractivity contribution < 1.29 is 18.7 Å². The number of aromatic nitrogens is 2. The van der Waals surface area contributed by atoms with Crippen LogP contribution in [0, 0.1) is 26.6 Å². The third-order valence-electron chi connectivity index (χ3n) is 5.70. The maximum absolute atomic E-state index is 14.0. The molecular formula is C25H28FN5O3. The topological polar surface area (TPSA) is 89.8 Å². The SMILES string of the molecule is CCn1nc(C)c(CN=C(NC(=O)c2ccc(C)c(F)c2)Nc2ccc3c(c2)OCCO3)c1C. The summed E-state index contributed by atoms with van der Waals surface area (Å²) in [4.78, 5) is 17.5. The number of anilines is 1. The Bertz CT molecular complexity index is 1250. The van der Waals surface area contributed by atoms with Crippen LogP contribution >= 0.6 is 0 Å². The van der Waals surface area contributed by atoms with E-state index in [0.717, 1.165) is 23.5 Å². The summed E-state index contributed by atoms with van der Waals surface area (Å²) in [5.41, 5.74) is 4.22. The number of aryl methyl sites for hydroxylation is 3. The number of benzene rings is 2. The first-order chi connectivity index (χ1) is 16.4. The second-order valence-corrected chi connectivity index (χ2v) is 8.03. The van der Waals surface area contributed by atoms with E-state index in [4.69, 9.17) is 9.47 Å². The molecule has 0 spiro atoms. The van der Waals surface area contributed by atoms with Gasteiger partial charge >= 0.3 is 0 Å². The molecule has 2 heterocycles. The molecule has 1 aromatic heterocycles. The number of carbonyl (C=O) groups excluding carboxylic acids is 1. The Labute approximate surface area is 197 Å². The van der Waals surface area contributed by atoms with Crippen molar-refractivity contribution in [3.63, 3.8) is 0 Å². The van der Waals surface area contributed by atoms with Crippen molar-refractivity contribution in [1.82, 2.24) is 15.1 Å². The molecule has 0 radical (unpaired) electrons. The molecule has 1 amide bonds. The Morgan fingerprint density at radius 1 is 1.12 bits per heavy atom. The summed E-state index contributed by atoms with van der Waals surface area (Å²) in [5, 5.41) is 10.5. The normalized spacial score (nSPS) is 13.0. The minimum Gasteiger partial charge on any atom is -0.486 e. The van der Waals surface area contributed by atoms with Gasteiger partial charge in [0.25, 0.3) is 5.91 Å². The van der Waals surface area contributed by atoms with Crippen molar-refractivity contribution in [3.05, 3.63) is 70.3 Å². The molecule has 3 aromatic rings. The van der Waals surface area contributed by atoms with Crippen LogP contribution in [0.3, 0.4) is 0 Å². The van der Waals surface area contributed by atoms with E-state index in [2.05, 4.69) is 20.7 Å². The molecule has 0 bridgehead atoms. The van der Waals surface area contributed by atoms with Crippen molar-refractivity contribution in [3.8, 4) is 11.5 Å². The number of hydrogen-bond acceptors (Lipinski definition) is 5. The lowest BCUT2D eigenvalue weighted by Gasteiger charge is -2.19. The second-order valence-electron chi connectivity index (χ2n) is 8.03. The van der Waals surface area contributed by atoms with Gasteiger partial charge < -0.3 is 14.8 Å². The van der Waals surface area contributed by atoms with Crippen molar-refractivity contribution in [1.29, 1.82) is 0 Å². The monoisotopic (exact) mass is 465 g/mol. The fraction of sp³-hybridized carbons (Fsp3) is 0.320. The zero-order valence-corrected chi connectivity index (χ0v) is 19.7. The number of rotatable bonds is 5. The molecule has 1 aliphatic heterocycles. The van der Waals surface area contributed by atoms with Gasteiger partial charge in [0, 0.05) is 35.1 Å². The van der Waals surface area contributed by atoms with E-state index in [-0.39, 0.29) is 11.5 Å². The van der Waals surface area contributed by atoms with Gasteiger partial charge in [-0.05, 0) is 57.5 Å². The van der Waals surface area contributed by atoms with Gasteiger partial charge in [0.2, 0.25) is 5.96 Å². The van der Waals surface area contributed by atoms with Gasteiger partial charge in [0.1, 0.15) is 19.0 Å². The highest BCUT2D eigenvalue weighted by Crippen LogP contribution is 2.32. The van der Waals surface area contributed by atoms with Gasteiger partial charge in [-0.1, -0.05) is 6.07 Å². The number of nitrogens with one attached hydrogen (secondary N) is 2. The van der Waals surface area contributed by atoms with Crippen LogP contribution in [0.5, 0.6) is 11.5 Å². The molecule has 0 fully saturated rings. The van der Waals surface area contributed by atoms with E-state index >= 15 is 0 Å². The molecule has 0 unspecified atom stereocenters. The van der Waals surface area contributed by atoms with Crippen LogP contribution in [0.25, 0.3) is 0 Å². The first-order valence-electron chi connectivity index (χ1n) is 11.2. The predicted octanol–water partition coefficient (Wildman–Crippen LogP) is 4.14. The number of hydrogen-bond donors (Lipinski definition) is 2. The van der Waals surface area contributed by atoms with Crippen LogP contribution in [0.1, 0.15) is 39.8 Å². The van der Waals surface area contributed by atoms with Crippen LogP contribution < -0.4 is 20.1 Å². The smallest absolute Gasteiger partial charge is 0.258 e. The fourth-order valence-electron chi connectivity index (χ4n) is 3.71. The quantitative estimate of drug-likeness (QED) is 0.437. The first kappa shape index (κ1) is 23.3. The van der Waals surface area contributed by atoms with Crippen LogP contribution in [0.4, 0.5) is 10.1 Å². The summed E-state index contributed by atoms with van der Waals surface area (Å²) >= 11 is 0. The van der Waals surface area contributed by atoms with Crippen molar-refractivity contribution in [2.75, 3.05) is 18.5 Å². The minimum absolute atomic E-state index is 0.200. The molecule has 2 aromatic carbocycles. The highest BCUT2D eigenvalue weighted by Gasteiger charge is 2.16. The van der Waals surface area contributed by atoms with Gasteiger partial charge in [-0.15, -0.1) is 0 Å². The van der Waals surface area contributed by atoms with E-state index in [1.165, 1.54) is 6.07 Å². The summed E-state index contributed by atoms with van der Waals surface area (Å²) in [6.45, 7) is 9.65. The molecule has 34 heavy (non-hydrogen) atoms. The maximum Gasteiger partial charge on any atom is 0.258 e. The molecule has 9 heteroatoms. The number of carbonyl (C=O) groups is 1. The summed E-state index contributed by atoms with van der Waals surface area (Å²) in [6.07, 6.45) is 0. The van der Waals surface area contributed by atoms with Crippen LogP contribution in [-0.4, -0.2) is 34.9 Å². The second kappa shape index (κ2) is 9.94. The summed E-state index contributed by atoms with van der Waals surface area (Å²) < 4.78 is 27.2. The van der Waals surface area contributed by atoms with E-state index in [1.54, 1.807) is 31.2 Å². The third kappa shape index (κ3) is 5.03. The van der Waals surface area contributed by atoms with Crippen molar-refractivity contribution in [2.24, 2.45) is 4.99 Å². The van der Waals surface area contributed by atoms with Gasteiger partial charge in [0.05, 0.1) is 12.2 Å². The molecule has 0 atom stereocenters. The number of halogens is 1. The molecule has 178 valence electrons. The lowest BCUT2D eigenvalue weighted by Crippen LogP contribution is -2.36. The molecule has 0 saturated carbocycles. The number of nitrogens with zero attached hydrogens (tertiary/aromatic N) is 3. The highest BCUT2D eigenvalue weighted by atomic mass is 19.1. The number of guanidine groups is 1. The van der Waals surface area contributed by atoms with Crippen LogP contribution in [0.15, 0.2) is 41.4 Å². The largest absolute Gasteiger partial charge is 0.486 e. The molecule has 1 aliphatic rings.